The third-order valence-electron chi connectivity index (χ3n) is 3.33. The van der Waals surface area contributed by atoms with Crippen molar-refractivity contribution in [3.8, 4) is 0 Å². The zero-order chi connectivity index (χ0) is 14.3. The van der Waals surface area contributed by atoms with Crippen molar-refractivity contribution in [2.45, 2.75) is 20.3 Å². The average Bonchev–Trinajstić information content (AvgIpc) is 2.74. The molecule has 0 saturated carbocycles. The fraction of sp³-hybridized carbons (Fsp3) is 0.200. The van der Waals surface area contributed by atoms with Crippen LogP contribution in [0.2, 0.25) is 0 Å². The Morgan fingerprint density at radius 1 is 1.25 bits per heavy atom. The lowest BCUT2D eigenvalue weighted by Crippen LogP contribution is -2.14. The first-order valence-corrected chi connectivity index (χ1v) is 7.88. The largest absolute Gasteiger partial charge is 0.324 e. The molecule has 0 spiro atoms. The minimum absolute atomic E-state index is 0.0183. The Labute approximate surface area is 129 Å². The smallest absolute Gasteiger partial charge is 0.230 e. The lowest BCUT2D eigenvalue weighted by Gasteiger charge is -2.08. The van der Waals surface area contributed by atoms with Crippen LogP contribution >= 0.6 is 27.3 Å². The van der Waals surface area contributed by atoms with Gasteiger partial charge in [0.1, 0.15) is 0 Å². The molecule has 20 heavy (non-hydrogen) atoms. The van der Waals surface area contributed by atoms with Gasteiger partial charge in [0.15, 0.2) is 0 Å². The van der Waals surface area contributed by atoms with Crippen molar-refractivity contribution in [2.75, 3.05) is 5.32 Å². The highest BCUT2D eigenvalue weighted by atomic mass is 79.9. The number of nitrogens with zero attached hydrogens (tertiary/aromatic N) is 1. The molecule has 3 nitrogen and oxygen atoms in total. The predicted molar refractivity (Wildman–Crippen MR) is 87.4 cm³/mol. The van der Waals surface area contributed by atoms with E-state index in [1.807, 2.05) is 31.2 Å². The number of hydrogen-bond acceptors (Lipinski definition) is 3. The van der Waals surface area contributed by atoms with E-state index in [0.717, 1.165) is 31.3 Å². The molecule has 0 saturated heterocycles. The number of benzene rings is 1. The second-order valence-electron chi connectivity index (χ2n) is 4.84. The van der Waals surface area contributed by atoms with Crippen LogP contribution in [0.25, 0.3) is 0 Å². The van der Waals surface area contributed by atoms with Crippen LogP contribution in [0.4, 0.5) is 11.4 Å². The summed E-state index contributed by atoms with van der Waals surface area (Å²) in [5.41, 5.74) is 4.78. The van der Waals surface area contributed by atoms with Crippen molar-refractivity contribution in [2.24, 2.45) is 4.99 Å². The van der Waals surface area contributed by atoms with Gasteiger partial charge >= 0.3 is 0 Å². The number of carbonyl (C=O) groups is 1. The first kappa shape index (κ1) is 13.5. The fourth-order valence-electron chi connectivity index (χ4n) is 2.14. The first-order chi connectivity index (χ1) is 9.52. The molecule has 0 radical (unpaired) electrons. The number of hydrogen-bond donors (Lipinski definition) is 1. The molecule has 5 heteroatoms. The second kappa shape index (κ2) is 5.14. The van der Waals surface area contributed by atoms with E-state index >= 15 is 0 Å². The van der Waals surface area contributed by atoms with Crippen LogP contribution in [-0.4, -0.2) is 11.6 Å². The van der Waals surface area contributed by atoms with Gasteiger partial charge in [-0.1, -0.05) is 0 Å². The van der Waals surface area contributed by atoms with Gasteiger partial charge in [0.25, 0.3) is 0 Å². The molecule has 0 unspecified atom stereocenters. The summed E-state index contributed by atoms with van der Waals surface area (Å²) in [6.07, 6.45) is 0.305. The molecular formula is C15H13BrN2OS. The molecule has 1 aliphatic rings. The van der Waals surface area contributed by atoms with E-state index in [4.69, 9.17) is 4.99 Å². The standard InChI is InChI=1S/C15H13BrN2OS/c1-8-5-10-11(6-9(8)2)18-15(19)7-12(17-10)13-3-4-14(16)20-13/h3-6H,7H2,1-2H3,(H,18,19). The lowest BCUT2D eigenvalue weighted by atomic mass is 10.1. The Hall–Kier alpha value is -1.46. The minimum Gasteiger partial charge on any atom is -0.324 e. The fourth-order valence-corrected chi connectivity index (χ4v) is 3.51. The van der Waals surface area contributed by atoms with Gasteiger partial charge in [-0.05, 0) is 65.2 Å². The summed E-state index contributed by atoms with van der Waals surface area (Å²) >= 11 is 5.04. The zero-order valence-electron chi connectivity index (χ0n) is 11.2. The van der Waals surface area contributed by atoms with Crippen molar-refractivity contribution in [1.82, 2.24) is 0 Å². The maximum Gasteiger partial charge on any atom is 0.230 e. The zero-order valence-corrected chi connectivity index (χ0v) is 13.6. The van der Waals surface area contributed by atoms with Gasteiger partial charge in [-0.25, -0.2) is 4.99 Å². The monoisotopic (exact) mass is 348 g/mol. The van der Waals surface area contributed by atoms with E-state index in [9.17, 15) is 4.79 Å². The van der Waals surface area contributed by atoms with Gasteiger partial charge < -0.3 is 5.32 Å². The third-order valence-corrected chi connectivity index (χ3v) is 5.00. The van der Waals surface area contributed by atoms with Gasteiger partial charge in [-0.15, -0.1) is 11.3 Å². The van der Waals surface area contributed by atoms with Gasteiger partial charge in [0.2, 0.25) is 5.91 Å². The highest BCUT2D eigenvalue weighted by molar-refractivity contribution is 9.11. The topological polar surface area (TPSA) is 41.5 Å². The normalized spacial score (nSPS) is 14.3. The molecule has 0 aliphatic carbocycles. The minimum atomic E-state index is -0.0183. The van der Waals surface area contributed by atoms with E-state index in [2.05, 4.69) is 28.2 Å². The molecule has 2 heterocycles. The van der Waals surface area contributed by atoms with Crippen LogP contribution in [-0.2, 0) is 4.79 Å². The van der Waals surface area contributed by atoms with Crippen LogP contribution in [0, 0.1) is 13.8 Å². The summed E-state index contributed by atoms with van der Waals surface area (Å²) in [6, 6.07) is 7.98. The van der Waals surface area contributed by atoms with Gasteiger partial charge in [0, 0.05) is 0 Å². The molecule has 1 amide bonds. The maximum atomic E-state index is 12.0. The highest BCUT2D eigenvalue weighted by Gasteiger charge is 2.18. The number of rotatable bonds is 1. The summed E-state index contributed by atoms with van der Waals surface area (Å²) in [7, 11) is 0. The van der Waals surface area contributed by atoms with Crippen molar-refractivity contribution >= 4 is 50.3 Å². The molecule has 1 aromatic heterocycles. The van der Waals surface area contributed by atoms with E-state index < -0.39 is 0 Å². The Morgan fingerprint density at radius 3 is 2.70 bits per heavy atom. The lowest BCUT2D eigenvalue weighted by molar-refractivity contribution is -0.115. The quantitative estimate of drug-likeness (QED) is 0.804. The molecule has 0 atom stereocenters. The summed E-state index contributed by atoms with van der Waals surface area (Å²) in [5, 5.41) is 2.94. The summed E-state index contributed by atoms with van der Waals surface area (Å²) in [4.78, 5) is 17.8. The van der Waals surface area contributed by atoms with Gasteiger partial charge in [-0.2, -0.15) is 0 Å². The van der Waals surface area contributed by atoms with Crippen LogP contribution in [0.5, 0.6) is 0 Å². The summed E-state index contributed by atoms with van der Waals surface area (Å²) < 4.78 is 1.04. The number of carbonyl (C=O) groups excluding carboxylic acids is 1. The molecule has 1 aromatic carbocycles. The molecule has 2 aromatic rings. The number of aliphatic imine (C=N–C) groups is 1. The van der Waals surface area contributed by atoms with E-state index in [1.165, 1.54) is 5.56 Å². The summed E-state index contributed by atoms with van der Waals surface area (Å²) in [6.45, 7) is 4.09. The number of amides is 1. The van der Waals surface area contributed by atoms with E-state index in [1.54, 1.807) is 11.3 Å². The number of nitrogens with one attached hydrogen (secondary N) is 1. The maximum absolute atomic E-state index is 12.0. The SMILES string of the molecule is Cc1cc2c(cc1C)NC(=O)CC(c1ccc(Br)s1)=N2. The van der Waals surface area contributed by atoms with Crippen molar-refractivity contribution in [3.63, 3.8) is 0 Å². The predicted octanol–water partition coefficient (Wildman–Crippen LogP) is 4.59. The Bertz CT molecular complexity index is 733. The molecule has 1 aliphatic heterocycles. The van der Waals surface area contributed by atoms with Crippen LogP contribution < -0.4 is 5.32 Å². The number of aryl methyl sites for hydroxylation is 2. The Kier molecular flexibility index (Phi) is 3.48. The second-order valence-corrected chi connectivity index (χ2v) is 7.30. The number of halogens is 1. The number of fused-ring (bicyclic) bond motifs is 1. The number of thiophene rings is 1. The van der Waals surface area contributed by atoms with E-state index in [-0.39, 0.29) is 5.91 Å². The van der Waals surface area contributed by atoms with Crippen LogP contribution in [0.1, 0.15) is 22.4 Å². The molecule has 3 rings (SSSR count). The van der Waals surface area contributed by atoms with Crippen molar-refractivity contribution < 1.29 is 4.79 Å². The van der Waals surface area contributed by atoms with Gasteiger partial charge in [-0.3, -0.25) is 4.79 Å². The average molecular weight is 349 g/mol. The Balaban J connectivity index is 2.13. The van der Waals surface area contributed by atoms with Crippen molar-refractivity contribution in [1.29, 1.82) is 0 Å². The highest BCUT2D eigenvalue weighted by Crippen LogP contribution is 2.33. The first-order valence-electron chi connectivity index (χ1n) is 6.27. The third kappa shape index (κ3) is 2.55. The molecule has 0 bridgehead atoms. The summed E-state index contributed by atoms with van der Waals surface area (Å²) in [5.74, 6) is -0.0183. The number of anilines is 1. The molecule has 0 fully saturated rings. The molecule has 102 valence electrons. The molecular weight excluding hydrogens is 336 g/mol. The Morgan fingerprint density at radius 2 is 2.00 bits per heavy atom. The van der Waals surface area contributed by atoms with Crippen molar-refractivity contribution in [3.05, 3.63) is 44.1 Å². The van der Waals surface area contributed by atoms with Crippen LogP contribution in [0.3, 0.4) is 0 Å². The van der Waals surface area contributed by atoms with Gasteiger partial charge in [0.05, 0.1) is 32.2 Å². The van der Waals surface area contributed by atoms with E-state index in [0.29, 0.717) is 6.42 Å². The van der Waals surface area contributed by atoms with Crippen LogP contribution in [0.15, 0.2) is 33.0 Å². The molecule has 1 N–H and O–H groups in total.